The van der Waals surface area contributed by atoms with Crippen molar-refractivity contribution in [2.24, 2.45) is 11.8 Å². The summed E-state index contributed by atoms with van der Waals surface area (Å²) in [5.41, 5.74) is 2.04. The minimum atomic E-state index is -0.708. The first-order valence-electron chi connectivity index (χ1n) is 10.1. The number of carbonyl (C=O) groups is 4. The van der Waals surface area contributed by atoms with E-state index in [2.05, 4.69) is 5.32 Å². The van der Waals surface area contributed by atoms with Gasteiger partial charge in [-0.1, -0.05) is 36.4 Å². The number of hydrogen-bond acceptors (Lipinski definition) is 5. The Morgan fingerprint density at radius 1 is 1.00 bits per heavy atom. The van der Waals surface area contributed by atoms with Crippen molar-refractivity contribution in [1.29, 1.82) is 0 Å². The number of rotatable bonds is 5. The number of nitrogens with one attached hydrogen (secondary N) is 1. The maximum Gasteiger partial charge on any atom is 0.338 e. The van der Waals surface area contributed by atoms with E-state index in [9.17, 15) is 19.2 Å². The molecule has 1 fully saturated rings. The third kappa shape index (κ3) is 4.12. The summed E-state index contributed by atoms with van der Waals surface area (Å²) in [7, 11) is 0. The predicted octanol–water partition coefficient (Wildman–Crippen LogP) is 3.25. The molecule has 4 rings (SSSR count). The summed E-state index contributed by atoms with van der Waals surface area (Å²) >= 11 is 0. The molecule has 1 heterocycles. The Balaban J connectivity index is 1.42. The van der Waals surface area contributed by atoms with Crippen molar-refractivity contribution >= 4 is 35.1 Å². The number of hydrogen-bond donors (Lipinski definition) is 1. The van der Waals surface area contributed by atoms with Crippen molar-refractivity contribution in [3.8, 4) is 0 Å². The van der Waals surface area contributed by atoms with Gasteiger partial charge >= 0.3 is 5.97 Å². The molecule has 31 heavy (non-hydrogen) atoms. The van der Waals surface area contributed by atoms with Gasteiger partial charge in [0.15, 0.2) is 6.61 Å². The van der Waals surface area contributed by atoms with E-state index in [-0.39, 0.29) is 29.2 Å². The summed E-state index contributed by atoms with van der Waals surface area (Å²) < 4.78 is 5.12. The molecule has 3 amide bonds. The molecule has 2 aromatic carbocycles. The number of ether oxygens (including phenoxy) is 1. The molecular formula is C24H22N2O5. The van der Waals surface area contributed by atoms with Crippen LogP contribution in [0, 0.1) is 18.8 Å². The van der Waals surface area contributed by atoms with Gasteiger partial charge in [-0.3, -0.25) is 19.3 Å². The number of allylic oxidation sites excluding steroid dienone is 2. The average molecular weight is 418 g/mol. The lowest BCUT2D eigenvalue weighted by Crippen LogP contribution is -2.31. The van der Waals surface area contributed by atoms with Gasteiger partial charge in [0.1, 0.15) is 0 Å². The van der Waals surface area contributed by atoms with Gasteiger partial charge in [-0.15, -0.1) is 0 Å². The molecular weight excluding hydrogens is 396 g/mol. The lowest BCUT2D eigenvalue weighted by Gasteiger charge is -2.15. The number of fused-ring (bicyclic) bond motifs is 1. The first kappa shape index (κ1) is 20.5. The van der Waals surface area contributed by atoms with Crippen LogP contribution < -0.4 is 10.2 Å². The maximum atomic E-state index is 12.7. The molecule has 0 bridgehead atoms. The Hall–Kier alpha value is -3.74. The Morgan fingerprint density at radius 2 is 1.68 bits per heavy atom. The minimum Gasteiger partial charge on any atom is -0.452 e. The zero-order valence-corrected chi connectivity index (χ0v) is 17.0. The molecule has 1 aliphatic heterocycles. The quantitative estimate of drug-likeness (QED) is 0.457. The highest BCUT2D eigenvalue weighted by Gasteiger charge is 2.47. The third-order valence-electron chi connectivity index (χ3n) is 5.60. The summed E-state index contributed by atoms with van der Waals surface area (Å²) in [6, 6.07) is 13.4. The van der Waals surface area contributed by atoms with E-state index < -0.39 is 18.5 Å². The summed E-state index contributed by atoms with van der Waals surface area (Å²) in [5, 5.41) is 2.69. The summed E-state index contributed by atoms with van der Waals surface area (Å²) in [4.78, 5) is 51.2. The number of anilines is 2. The Kier molecular flexibility index (Phi) is 5.66. The smallest absolute Gasteiger partial charge is 0.338 e. The fraction of sp³-hybridized carbons (Fsp3) is 0.250. The molecule has 7 heteroatoms. The lowest BCUT2D eigenvalue weighted by molar-refractivity contribution is -0.122. The lowest BCUT2D eigenvalue weighted by atomic mass is 9.85. The molecule has 0 unspecified atom stereocenters. The molecule has 0 saturated carbocycles. The van der Waals surface area contributed by atoms with Crippen LogP contribution in [0.2, 0.25) is 0 Å². The Morgan fingerprint density at radius 3 is 2.35 bits per heavy atom. The van der Waals surface area contributed by atoms with Gasteiger partial charge in [0.2, 0.25) is 11.8 Å². The van der Waals surface area contributed by atoms with E-state index in [0.29, 0.717) is 24.2 Å². The van der Waals surface area contributed by atoms with Crippen LogP contribution in [0.3, 0.4) is 0 Å². The van der Waals surface area contributed by atoms with Crippen LogP contribution in [-0.4, -0.2) is 30.3 Å². The molecule has 7 nitrogen and oxygen atoms in total. The highest BCUT2D eigenvalue weighted by molar-refractivity contribution is 6.22. The monoisotopic (exact) mass is 418 g/mol. The van der Waals surface area contributed by atoms with Crippen molar-refractivity contribution in [3.05, 3.63) is 71.8 Å². The number of para-hydroxylation sites is 1. The fourth-order valence-electron chi connectivity index (χ4n) is 3.94. The number of nitrogens with zero attached hydrogens (tertiary/aromatic N) is 1. The second kappa shape index (κ2) is 8.55. The van der Waals surface area contributed by atoms with Crippen LogP contribution >= 0.6 is 0 Å². The SMILES string of the molecule is Cc1ccccc1NC(=O)COC(=O)c1cccc(N2C(=O)[C@@H]3CC=CC[C@H]3C2=O)c1. The van der Waals surface area contributed by atoms with E-state index in [1.54, 1.807) is 24.3 Å². The van der Waals surface area contributed by atoms with Gasteiger partial charge in [0.05, 0.1) is 23.1 Å². The van der Waals surface area contributed by atoms with Crippen LogP contribution in [0.1, 0.15) is 28.8 Å². The van der Waals surface area contributed by atoms with Gasteiger partial charge in [-0.25, -0.2) is 4.79 Å². The first-order valence-corrected chi connectivity index (χ1v) is 10.1. The predicted molar refractivity (Wildman–Crippen MR) is 114 cm³/mol. The maximum absolute atomic E-state index is 12.7. The number of aryl methyl sites for hydroxylation is 1. The fourth-order valence-corrected chi connectivity index (χ4v) is 3.94. The number of imide groups is 1. The molecule has 158 valence electrons. The van der Waals surface area contributed by atoms with Gasteiger partial charge < -0.3 is 10.1 Å². The molecule has 2 atom stereocenters. The Bertz CT molecular complexity index is 1060. The number of benzene rings is 2. The van der Waals surface area contributed by atoms with Gasteiger partial charge in [-0.2, -0.15) is 0 Å². The molecule has 2 aromatic rings. The average Bonchev–Trinajstić information content (AvgIpc) is 3.04. The number of esters is 1. The second-order valence-electron chi connectivity index (χ2n) is 7.66. The molecule has 0 spiro atoms. The van der Waals surface area contributed by atoms with Crippen molar-refractivity contribution in [1.82, 2.24) is 0 Å². The van der Waals surface area contributed by atoms with Crippen molar-refractivity contribution < 1.29 is 23.9 Å². The standard InChI is InChI=1S/C24H22N2O5/c1-15-7-2-5-12-20(15)25-21(27)14-31-24(30)16-8-6-9-17(13-16)26-22(28)18-10-3-4-11-19(18)23(26)29/h2-9,12-13,18-19H,10-11,14H2,1H3,(H,25,27)/t18-,19-/m1/s1. The van der Waals surface area contributed by atoms with Crippen molar-refractivity contribution in [3.63, 3.8) is 0 Å². The minimum absolute atomic E-state index is 0.162. The van der Waals surface area contributed by atoms with Crippen LogP contribution in [0.5, 0.6) is 0 Å². The second-order valence-corrected chi connectivity index (χ2v) is 7.66. The zero-order chi connectivity index (χ0) is 22.0. The highest BCUT2D eigenvalue weighted by atomic mass is 16.5. The Labute approximate surface area is 179 Å². The topological polar surface area (TPSA) is 92.8 Å². The van der Waals surface area contributed by atoms with E-state index in [4.69, 9.17) is 4.74 Å². The number of amides is 3. The largest absolute Gasteiger partial charge is 0.452 e. The zero-order valence-electron chi connectivity index (χ0n) is 17.0. The first-order chi connectivity index (χ1) is 15.0. The molecule has 2 aliphatic rings. The van der Waals surface area contributed by atoms with Gasteiger partial charge in [-0.05, 0) is 49.6 Å². The van der Waals surface area contributed by atoms with Crippen LogP contribution in [0.25, 0.3) is 0 Å². The van der Waals surface area contributed by atoms with E-state index in [1.807, 2.05) is 31.2 Å². The van der Waals surface area contributed by atoms with Crippen molar-refractivity contribution in [2.75, 3.05) is 16.8 Å². The molecule has 1 saturated heterocycles. The van der Waals surface area contributed by atoms with Gasteiger partial charge in [0.25, 0.3) is 5.91 Å². The van der Waals surface area contributed by atoms with E-state index in [1.165, 1.54) is 12.1 Å². The van der Waals surface area contributed by atoms with Crippen LogP contribution in [-0.2, 0) is 19.1 Å². The normalized spacial score (nSPS) is 19.8. The van der Waals surface area contributed by atoms with Crippen molar-refractivity contribution in [2.45, 2.75) is 19.8 Å². The summed E-state index contributed by atoms with van der Waals surface area (Å²) in [6.07, 6.45) is 4.93. The summed E-state index contributed by atoms with van der Waals surface area (Å²) in [6.45, 7) is 1.41. The molecule has 0 aromatic heterocycles. The van der Waals surface area contributed by atoms with E-state index in [0.717, 1.165) is 10.5 Å². The van der Waals surface area contributed by atoms with Crippen LogP contribution in [0.15, 0.2) is 60.7 Å². The molecule has 0 radical (unpaired) electrons. The number of carbonyl (C=O) groups excluding carboxylic acids is 4. The summed E-state index contributed by atoms with van der Waals surface area (Å²) in [5.74, 6) is -2.36. The highest BCUT2D eigenvalue weighted by Crippen LogP contribution is 2.37. The molecule has 1 N–H and O–H groups in total. The van der Waals surface area contributed by atoms with Crippen LogP contribution in [0.4, 0.5) is 11.4 Å². The van der Waals surface area contributed by atoms with Gasteiger partial charge in [0, 0.05) is 5.69 Å². The van der Waals surface area contributed by atoms with E-state index >= 15 is 0 Å². The third-order valence-corrected chi connectivity index (χ3v) is 5.60. The molecule has 1 aliphatic carbocycles.